The topological polar surface area (TPSA) is 43.6 Å². The van der Waals surface area contributed by atoms with Crippen LogP contribution in [-0.4, -0.2) is 19.7 Å². The average molecular weight is 308 g/mol. The molecule has 0 fully saturated rings. The maximum atomic E-state index is 5.86. The molecule has 0 aliphatic carbocycles. The van der Waals surface area contributed by atoms with Crippen LogP contribution in [0.5, 0.6) is 0 Å². The fourth-order valence-corrected chi connectivity index (χ4v) is 1.61. The normalized spacial score (nSPS) is 10.7. The highest BCUT2D eigenvalue weighted by atomic mass is 79.9. The number of hydrogen-bond acceptors (Lipinski definition) is 3. The van der Waals surface area contributed by atoms with E-state index in [4.69, 9.17) is 23.2 Å². The van der Waals surface area contributed by atoms with Crippen molar-refractivity contribution in [3.63, 3.8) is 0 Å². The van der Waals surface area contributed by atoms with Crippen molar-refractivity contribution in [2.45, 2.75) is 0 Å². The molecular formula is C8H5BrCl2N4. The fraction of sp³-hybridized carbons (Fsp3) is 0.125. The van der Waals surface area contributed by atoms with Gasteiger partial charge in [-0.05, 0) is 22.0 Å². The second-order valence-electron chi connectivity index (χ2n) is 2.82. The number of halogens is 3. The van der Waals surface area contributed by atoms with Gasteiger partial charge in [0, 0.05) is 13.2 Å². The van der Waals surface area contributed by atoms with Gasteiger partial charge in [-0.3, -0.25) is 4.68 Å². The Balaban J connectivity index is 2.55. The van der Waals surface area contributed by atoms with Crippen LogP contribution < -0.4 is 0 Å². The molecule has 0 saturated heterocycles. The zero-order valence-electron chi connectivity index (χ0n) is 7.58. The molecule has 0 atom stereocenters. The van der Waals surface area contributed by atoms with Crippen LogP contribution in [0, 0.1) is 0 Å². The summed E-state index contributed by atoms with van der Waals surface area (Å²) in [5.41, 5.74) is 0.633. The third-order valence-electron chi connectivity index (χ3n) is 1.71. The van der Waals surface area contributed by atoms with Crippen molar-refractivity contribution in [2.75, 3.05) is 0 Å². The van der Waals surface area contributed by atoms with Gasteiger partial charge in [0.25, 0.3) is 0 Å². The van der Waals surface area contributed by atoms with Crippen molar-refractivity contribution >= 4 is 39.1 Å². The van der Waals surface area contributed by atoms with Gasteiger partial charge in [-0.25, -0.2) is 9.97 Å². The molecule has 2 aromatic rings. The highest BCUT2D eigenvalue weighted by Gasteiger charge is 2.11. The van der Waals surface area contributed by atoms with Crippen LogP contribution in [0.1, 0.15) is 0 Å². The SMILES string of the molecule is Cn1ccc(-c2nc(Cl)c(Br)c(Cl)n2)n1. The van der Waals surface area contributed by atoms with Crippen LogP contribution in [0.15, 0.2) is 16.7 Å². The lowest BCUT2D eigenvalue weighted by Gasteiger charge is -2.00. The third-order valence-corrected chi connectivity index (χ3v) is 3.47. The summed E-state index contributed by atoms with van der Waals surface area (Å²) < 4.78 is 2.15. The van der Waals surface area contributed by atoms with Crippen LogP contribution in [0.4, 0.5) is 0 Å². The van der Waals surface area contributed by atoms with Gasteiger partial charge >= 0.3 is 0 Å². The van der Waals surface area contributed by atoms with E-state index in [9.17, 15) is 0 Å². The molecule has 78 valence electrons. The summed E-state index contributed by atoms with van der Waals surface area (Å²) in [7, 11) is 1.81. The molecule has 0 aliphatic rings. The molecule has 0 saturated carbocycles. The van der Waals surface area contributed by atoms with Crippen molar-refractivity contribution in [3.05, 3.63) is 27.0 Å². The Morgan fingerprint density at radius 1 is 1.27 bits per heavy atom. The first-order chi connectivity index (χ1) is 7.08. The minimum Gasteiger partial charge on any atom is -0.275 e. The van der Waals surface area contributed by atoms with E-state index in [0.717, 1.165) is 0 Å². The van der Waals surface area contributed by atoms with Crippen LogP contribution >= 0.6 is 39.1 Å². The molecule has 7 heteroatoms. The minimum absolute atomic E-state index is 0.274. The van der Waals surface area contributed by atoms with Crippen molar-refractivity contribution in [3.8, 4) is 11.5 Å². The van der Waals surface area contributed by atoms with Crippen LogP contribution in [0.25, 0.3) is 11.5 Å². The Hall–Kier alpha value is -0.650. The van der Waals surface area contributed by atoms with E-state index in [2.05, 4.69) is 31.0 Å². The molecular weight excluding hydrogens is 303 g/mol. The van der Waals surface area contributed by atoms with Gasteiger partial charge in [0.05, 0.1) is 4.47 Å². The standard InChI is InChI=1S/C8H5BrCl2N4/c1-15-3-2-4(14-15)8-12-6(10)5(9)7(11)13-8/h2-3H,1H3. The van der Waals surface area contributed by atoms with Gasteiger partial charge in [-0.1, -0.05) is 23.2 Å². The molecule has 0 amide bonds. The van der Waals surface area contributed by atoms with E-state index in [1.807, 2.05) is 7.05 Å². The summed E-state index contributed by atoms with van der Waals surface area (Å²) >= 11 is 14.9. The van der Waals surface area contributed by atoms with Gasteiger partial charge in [0.2, 0.25) is 0 Å². The Kier molecular flexibility index (Phi) is 2.95. The number of hydrogen-bond donors (Lipinski definition) is 0. The van der Waals surface area contributed by atoms with Crippen molar-refractivity contribution in [1.82, 2.24) is 19.7 Å². The first kappa shape index (κ1) is 10.9. The predicted molar refractivity (Wildman–Crippen MR) is 62.0 cm³/mol. The maximum Gasteiger partial charge on any atom is 0.182 e. The van der Waals surface area contributed by atoms with Gasteiger partial charge in [0.15, 0.2) is 5.82 Å². The number of nitrogens with zero attached hydrogens (tertiary/aromatic N) is 4. The lowest BCUT2D eigenvalue weighted by atomic mass is 10.4. The van der Waals surface area contributed by atoms with Crippen molar-refractivity contribution < 1.29 is 0 Å². The molecule has 0 N–H and O–H groups in total. The molecule has 4 nitrogen and oxygen atoms in total. The van der Waals surface area contributed by atoms with E-state index in [1.165, 1.54) is 0 Å². The maximum absolute atomic E-state index is 5.86. The Labute approximate surface area is 104 Å². The molecule has 2 aromatic heterocycles. The van der Waals surface area contributed by atoms with Crippen molar-refractivity contribution in [2.24, 2.45) is 7.05 Å². The monoisotopic (exact) mass is 306 g/mol. The van der Waals surface area contributed by atoms with E-state index in [0.29, 0.717) is 16.0 Å². The molecule has 2 rings (SSSR count). The minimum atomic E-state index is 0.274. The average Bonchev–Trinajstić information content (AvgIpc) is 2.60. The second-order valence-corrected chi connectivity index (χ2v) is 4.33. The highest BCUT2D eigenvalue weighted by molar-refractivity contribution is 9.10. The summed E-state index contributed by atoms with van der Waals surface area (Å²) in [6.45, 7) is 0. The summed E-state index contributed by atoms with van der Waals surface area (Å²) in [6.07, 6.45) is 1.79. The predicted octanol–water partition coefficient (Wildman–Crippen LogP) is 2.95. The van der Waals surface area contributed by atoms with E-state index in [-0.39, 0.29) is 10.3 Å². The third kappa shape index (κ3) is 2.14. The van der Waals surface area contributed by atoms with Crippen LogP contribution in [0.3, 0.4) is 0 Å². The zero-order valence-corrected chi connectivity index (χ0v) is 10.7. The molecule has 0 unspecified atom stereocenters. The quantitative estimate of drug-likeness (QED) is 0.761. The summed E-state index contributed by atoms with van der Waals surface area (Å²) in [5, 5.41) is 4.70. The smallest absolute Gasteiger partial charge is 0.182 e. The Morgan fingerprint density at radius 3 is 2.33 bits per heavy atom. The highest BCUT2D eigenvalue weighted by Crippen LogP contribution is 2.29. The lowest BCUT2D eigenvalue weighted by molar-refractivity contribution is 0.768. The molecule has 0 radical (unpaired) electrons. The molecule has 0 aromatic carbocycles. The molecule has 15 heavy (non-hydrogen) atoms. The van der Waals surface area contributed by atoms with Crippen LogP contribution in [0.2, 0.25) is 10.3 Å². The van der Waals surface area contributed by atoms with Gasteiger partial charge in [0.1, 0.15) is 16.0 Å². The Bertz CT molecular complexity index is 488. The molecule has 2 heterocycles. The van der Waals surface area contributed by atoms with Gasteiger partial charge in [-0.15, -0.1) is 0 Å². The van der Waals surface area contributed by atoms with Gasteiger partial charge in [-0.2, -0.15) is 5.10 Å². The van der Waals surface area contributed by atoms with E-state index in [1.54, 1.807) is 16.9 Å². The molecule has 0 bridgehead atoms. The number of aryl methyl sites for hydroxylation is 1. The summed E-state index contributed by atoms with van der Waals surface area (Å²) in [4.78, 5) is 8.13. The first-order valence-electron chi connectivity index (χ1n) is 3.96. The van der Waals surface area contributed by atoms with E-state index >= 15 is 0 Å². The fourth-order valence-electron chi connectivity index (χ4n) is 1.04. The largest absolute Gasteiger partial charge is 0.275 e. The zero-order chi connectivity index (χ0) is 11.0. The molecule has 0 aliphatic heterocycles. The number of aromatic nitrogens is 4. The lowest BCUT2D eigenvalue weighted by Crippen LogP contribution is -1.94. The van der Waals surface area contributed by atoms with E-state index < -0.39 is 0 Å². The van der Waals surface area contributed by atoms with Crippen LogP contribution in [-0.2, 0) is 7.05 Å². The summed E-state index contributed by atoms with van der Waals surface area (Å²) in [6, 6.07) is 1.79. The summed E-state index contributed by atoms with van der Waals surface area (Å²) in [5.74, 6) is 0.411. The Morgan fingerprint density at radius 2 is 1.87 bits per heavy atom. The van der Waals surface area contributed by atoms with Crippen molar-refractivity contribution in [1.29, 1.82) is 0 Å². The first-order valence-corrected chi connectivity index (χ1v) is 5.51. The number of rotatable bonds is 1. The molecule has 0 spiro atoms. The van der Waals surface area contributed by atoms with Gasteiger partial charge < -0.3 is 0 Å². The second kappa shape index (κ2) is 4.08.